The van der Waals surface area contributed by atoms with Crippen molar-refractivity contribution < 1.29 is 9.47 Å². The number of hydrogen-bond acceptors (Lipinski definition) is 4. The summed E-state index contributed by atoms with van der Waals surface area (Å²) in [6, 6.07) is 8.57. The first kappa shape index (κ1) is 15.4. The molecule has 20 heavy (non-hydrogen) atoms. The number of benzene rings is 1. The standard InChI is InChI=1S/C16H26N2O2/c1-16(2,3)20-11-13(18-17)10-15-14-7-5-4-6-12(14)8-9-19-15/h4-7,13,15,18H,8-11,17H2,1-3H3. The van der Waals surface area contributed by atoms with Gasteiger partial charge in [0.2, 0.25) is 0 Å². The van der Waals surface area contributed by atoms with Crippen LogP contribution in [0.3, 0.4) is 0 Å². The summed E-state index contributed by atoms with van der Waals surface area (Å²) in [4.78, 5) is 0. The monoisotopic (exact) mass is 278 g/mol. The summed E-state index contributed by atoms with van der Waals surface area (Å²) in [5.41, 5.74) is 5.37. The number of ether oxygens (including phenoxy) is 2. The van der Waals surface area contributed by atoms with E-state index in [1.807, 2.05) is 20.8 Å². The van der Waals surface area contributed by atoms with Crippen LogP contribution in [0.4, 0.5) is 0 Å². The predicted octanol–water partition coefficient (Wildman–Crippen LogP) is 2.34. The Hall–Kier alpha value is -0.940. The van der Waals surface area contributed by atoms with E-state index in [1.165, 1.54) is 11.1 Å². The molecule has 0 aliphatic carbocycles. The number of nitrogens with two attached hydrogens (primary N) is 1. The van der Waals surface area contributed by atoms with Crippen LogP contribution < -0.4 is 11.3 Å². The van der Waals surface area contributed by atoms with Crippen LogP contribution in [0.2, 0.25) is 0 Å². The predicted molar refractivity (Wildman–Crippen MR) is 80.3 cm³/mol. The van der Waals surface area contributed by atoms with Crippen LogP contribution in [0, 0.1) is 0 Å². The molecule has 0 aromatic heterocycles. The first-order valence-corrected chi connectivity index (χ1v) is 7.29. The third-order valence-corrected chi connectivity index (χ3v) is 3.54. The van der Waals surface area contributed by atoms with E-state index in [9.17, 15) is 0 Å². The van der Waals surface area contributed by atoms with Gasteiger partial charge in [-0.05, 0) is 44.7 Å². The van der Waals surface area contributed by atoms with Crippen LogP contribution in [0.25, 0.3) is 0 Å². The van der Waals surface area contributed by atoms with Crippen molar-refractivity contribution in [1.29, 1.82) is 0 Å². The molecule has 0 radical (unpaired) electrons. The summed E-state index contributed by atoms with van der Waals surface area (Å²) in [7, 11) is 0. The molecule has 1 aromatic rings. The lowest BCUT2D eigenvalue weighted by atomic mass is 9.94. The van der Waals surface area contributed by atoms with Crippen molar-refractivity contribution in [2.75, 3.05) is 13.2 Å². The molecular formula is C16H26N2O2. The second kappa shape index (κ2) is 6.68. The van der Waals surface area contributed by atoms with Gasteiger partial charge < -0.3 is 9.47 Å². The molecule has 3 N–H and O–H groups in total. The smallest absolute Gasteiger partial charge is 0.0844 e. The van der Waals surface area contributed by atoms with Crippen LogP contribution in [-0.4, -0.2) is 24.9 Å². The Labute approximate surface area is 121 Å². The number of fused-ring (bicyclic) bond motifs is 1. The fourth-order valence-corrected chi connectivity index (χ4v) is 2.47. The van der Waals surface area contributed by atoms with E-state index >= 15 is 0 Å². The number of rotatable bonds is 5. The molecule has 0 saturated carbocycles. The van der Waals surface area contributed by atoms with E-state index in [0.717, 1.165) is 19.4 Å². The molecule has 2 rings (SSSR count). The van der Waals surface area contributed by atoms with Crippen molar-refractivity contribution in [3.8, 4) is 0 Å². The summed E-state index contributed by atoms with van der Waals surface area (Å²) in [6.45, 7) is 7.51. The van der Waals surface area contributed by atoms with Gasteiger partial charge in [-0.3, -0.25) is 11.3 Å². The minimum atomic E-state index is -0.152. The average Bonchev–Trinajstić information content (AvgIpc) is 2.42. The van der Waals surface area contributed by atoms with E-state index in [4.69, 9.17) is 15.3 Å². The Morgan fingerprint density at radius 3 is 2.85 bits per heavy atom. The van der Waals surface area contributed by atoms with E-state index in [2.05, 4.69) is 29.7 Å². The first-order chi connectivity index (χ1) is 9.49. The summed E-state index contributed by atoms with van der Waals surface area (Å²) in [5.74, 6) is 5.65. The van der Waals surface area contributed by atoms with Crippen molar-refractivity contribution in [2.24, 2.45) is 5.84 Å². The maximum atomic E-state index is 5.92. The van der Waals surface area contributed by atoms with Crippen molar-refractivity contribution in [3.05, 3.63) is 35.4 Å². The van der Waals surface area contributed by atoms with Crippen LogP contribution in [0.1, 0.15) is 44.4 Å². The second-order valence-electron chi connectivity index (χ2n) is 6.33. The highest BCUT2D eigenvalue weighted by molar-refractivity contribution is 5.31. The zero-order valence-electron chi connectivity index (χ0n) is 12.7. The SMILES string of the molecule is CC(C)(C)OCC(CC1OCCc2ccccc21)NN. The van der Waals surface area contributed by atoms with Gasteiger partial charge in [0, 0.05) is 6.04 Å². The molecule has 1 heterocycles. The molecule has 0 bridgehead atoms. The van der Waals surface area contributed by atoms with E-state index in [-0.39, 0.29) is 17.7 Å². The van der Waals surface area contributed by atoms with Crippen molar-refractivity contribution in [3.63, 3.8) is 0 Å². The van der Waals surface area contributed by atoms with Gasteiger partial charge in [0.05, 0.1) is 24.9 Å². The highest BCUT2D eigenvalue weighted by Gasteiger charge is 2.24. The summed E-state index contributed by atoms with van der Waals surface area (Å²) in [5, 5.41) is 0. The van der Waals surface area contributed by atoms with Crippen molar-refractivity contribution in [2.45, 2.75) is 51.4 Å². The number of hydrazine groups is 1. The van der Waals surface area contributed by atoms with Gasteiger partial charge in [-0.1, -0.05) is 24.3 Å². The van der Waals surface area contributed by atoms with Gasteiger partial charge in [-0.15, -0.1) is 0 Å². The minimum Gasteiger partial charge on any atom is -0.374 e. The quantitative estimate of drug-likeness (QED) is 0.641. The van der Waals surface area contributed by atoms with Crippen molar-refractivity contribution in [1.82, 2.24) is 5.43 Å². The van der Waals surface area contributed by atoms with Crippen LogP contribution in [0.15, 0.2) is 24.3 Å². The maximum absolute atomic E-state index is 5.92. The molecule has 0 amide bonds. The third kappa shape index (κ3) is 4.28. The molecule has 4 nitrogen and oxygen atoms in total. The lowest BCUT2D eigenvalue weighted by Gasteiger charge is -2.30. The average molecular weight is 278 g/mol. The number of hydrogen-bond donors (Lipinski definition) is 2. The molecule has 2 unspecified atom stereocenters. The Balaban J connectivity index is 1.98. The molecule has 1 aliphatic heterocycles. The van der Waals surface area contributed by atoms with Gasteiger partial charge in [-0.2, -0.15) is 0 Å². The van der Waals surface area contributed by atoms with Gasteiger partial charge in [0.15, 0.2) is 0 Å². The van der Waals surface area contributed by atoms with Crippen LogP contribution >= 0.6 is 0 Å². The summed E-state index contributed by atoms with van der Waals surface area (Å²) < 4.78 is 11.7. The van der Waals surface area contributed by atoms with Crippen LogP contribution in [0.5, 0.6) is 0 Å². The third-order valence-electron chi connectivity index (χ3n) is 3.54. The molecule has 1 aliphatic rings. The molecule has 1 aromatic carbocycles. The Morgan fingerprint density at radius 2 is 2.15 bits per heavy atom. The Bertz CT molecular complexity index is 429. The summed E-state index contributed by atoms with van der Waals surface area (Å²) in [6.07, 6.45) is 1.92. The lowest BCUT2D eigenvalue weighted by Crippen LogP contribution is -2.42. The molecule has 112 valence electrons. The topological polar surface area (TPSA) is 56.5 Å². The molecular weight excluding hydrogens is 252 g/mol. The van der Waals surface area contributed by atoms with Gasteiger partial charge >= 0.3 is 0 Å². The van der Waals surface area contributed by atoms with Crippen molar-refractivity contribution >= 4 is 0 Å². The number of nitrogens with one attached hydrogen (secondary N) is 1. The second-order valence-corrected chi connectivity index (χ2v) is 6.33. The molecule has 0 spiro atoms. The summed E-state index contributed by atoms with van der Waals surface area (Å²) >= 11 is 0. The van der Waals surface area contributed by atoms with E-state index in [0.29, 0.717) is 6.61 Å². The van der Waals surface area contributed by atoms with Crippen LogP contribution in [-0.2, 0) is 15.9 Å². The van der Waals surface area contributed by atoms with Gasteiger partial charge in [0.25, 0.3) is 0 Å². The normalized spacial score (nSPS) is 20.5. The fraction of sp³-hybridized carbons (Fsp3) is 0.625. The maximum Gasteiger partial charge on any atom is 0.0844 e. The Kier molecular flexibility index (Phi) is 5.16. The lowest BCUT2D eigenvalue weighted by molar-refractivity contribution is -0.0300. The molecule has 0 saturated heterocycles. The molecule has 2 atom stereocenters. The molecule has 0 fully saturated rings. The van der Waals surface area contributed by atoms with Gasteiger partial charge in [0.1, 0.15) is 0 Å². The zero-order valence-corrected chi connectivity index (χ0v) is 12.7. The first-order valence-electron chi connectivity index (χ1n) is 7.29. The minimum absolute atomic E-state index is 0.0883. The largest absolute Gasteiger partial charge is 0.374 e. The molecule has 4 heteroatoms. The van der Waals surface area contributed by atoms with E-state index < -0.39 is 0 Å². The van der Waals surface area contributed by atoms with Gasteiger partial charge in [-0.25, -0.2) is 0 Å². The fourth-order valence-electron chi connectivity index (χ4n) is 2.47. The van der Waals surface area contributed by atoms with E-state index in [1.54, 1.807) is 0 Å². The zero-order chi connectivity index (χ0) is 14.6. The highest BCUT2D eigenvalue weighted by atomic mass is 16.5. The highest BCUT2D eigenvalue weighted by Crippen LogP contribution is 2.30. The Morgan fingerprint density at radius 1 is 1.40 bits per heavy atom.